The van der Waals surface area contributed by atoms with E-state index in [1.165, 1.54) is 13.1 Å². The second kappa shape index (κ2) is 7.58. The predicted molar refractivity (Wildman–Crippen MR) is 98.2 cm³/mol. The third kappa shape index (κ3) is 4.03. The number of hydrogen-bond donors (Lipinski definition) is 1. The number of rotatable bonds is 6. The number of carboxylic acid groups (broad SMARTS) is 1. The van der Waals surface area contributed by atoms with Crippen LogP contribution in [0, 0.1) is 0 Å². The fraction of sp³-hybridized carbons (Fsp3) is 0.211. The number of fused-ring (bicyclic) bond motifs is 1. The SMILES string of the molecule is CCc1cc(Oc2cnc3cc(Cl)ccc3n2)ccc1OC(C)C(=O)O. The summed E-state index contributed by atoms with van der Waals surface area (Å²) >= 11 is 5.94. The second-order valence-electron chi connectivity index (χ2n) is 5.66. The predicted octanol–water partition coefficient (Wildman–Crippen LogP) is 4.49. The maximum absolute atomic E-state index is 11.0. The van der Waals surface area contributed by atoms with Gasteiger partial charge in [-0.15, -0.1) is 0 Å². The molecule has 0 fully saturated rings. The van der Waals surface area contributed by atoms with E-state index in [-0.39, 0.29) is 0 Å². The molecule has 0 saturated heterocycles. The summed E-state index contributed by atoms with van der Waals surface area (Å²) in [7, 11) is 0. The van der Waals surface area contributed by atoms with Crippen LogP contribution in [0.1, 0.15) is 19.4 Å². The molecule has 0 radical (unpaired) electrons. The van der Waals surface area contributed by atoms with Crippen LogP contribution in [0.5, 0.6) is 17.4 Å². The Labute approximate surface area is 155 Å². The number of hydrogen-bond acceptors (Lipinski definition) is 5. The lowest BCUT2D eigenvalue weighted by Crippen LogP contribution is -2.23. The highest BCUT2D eigenvalue weighted by atomic mass is 35.5. The lowest BCUT2D eigenvalue weighted by molar-refractivity contribution is -0.144. The number of nitrogens with zero attached hydrogens (tertiary/aromatic N) is 2. The van der Waals surface area contributed by atoms with Gasteiger partial charge in [0.1, 0.15) is 11.5 Å². The lowest BCUT2D eigenvalue weighted by Gasteiger charge is -2.15. The molecule has 1 heterocycles. The van der Waals surface area contributed by atoms with Crippen LogP contribution in [0.2, 0.25) is 5.02 Å². The van der Waals surface area contributed by atoms with E-state index in [1.54, 1.807) is 36.4 Å². The molecule has 1 atom stereocenters. The molecule has 1 N–H and O–H groups in total. The number of aliphatic carboxylic acids is 1. The molecular weight excluding hydrogens is 356 g/mol. The van der Waals surface area contributed by atoms with Crippen molar-refractivity contribution in [3.8, 4) is 17.4 Å². The number of benzene rings is 2. The summed E-state index contributed by atoms with van der Waals surface area (Å²) in [6.07, 6.45) is 1.27. The number of ether oxygens (including phenoxy) is 2. The molecule has 7 heteroatoms. The van der Waals surface area contributed by atoms with Gasteiger partial charge in [-0.3, -0.25) is 0 Å². The number of aryl methyl sites for hydroxylation is 1. The Balaban J connectivity index is 1.83. The molecule has 1 unspecified atom stereocenters. The zero-order valence-corrected chi connectivity index (χ0v) is 15.0. The van der Waals surface area contributed by atoms with Gasteiger partial charge in [-0.1, -0.05) is 18.5 Å². The summed E-state index contributed by atoms with van der Waals surface area (Å²) in [5, 5.41) is 9.58. The van der Waals surface area contributed by atoms with Crippen LogP contribution < -0.4 is 9.47 Å². The molecule has 0 saturated carbocycles. The fourth-order valence-electron chi connectivity index (χ4n) is 2.39. The van der Waals surface area contributed by atoms with Crippen LogP contribution >= 0.6 is 11.6 Å². The van der Waals surface area contributed by atoms with Gasteiger partial charge in [0.05, 0.1) is 17.2 Å². The first-order valence-corrected chi connectivity index (χ1v) is 8.46. The lowest BCUT2D eigenvalue weighted by atomic mass is 10.1. The number of carbonyl (C=O) groups is 1. The van der Waals surface area contributed by atoms with Crippen LogP contribution in [0.15, 0.2) is 42.6 Å². The van der Waals surface area contributed by atoms with E-state index >= 15 is 0 Å². The summed E-state index contributed by atoms with van der Waals surface area (Å²) in [6.45, 7) is 3.44. The fourth-order valence-corrected chi connectivity index (χ4v) is 2.55. The highest BCUT2D eigenvalue weighted by Crippen LogP contribution is 2.29. The van der Waals surface area contributed by atoms with E-state index < -0.39 is 12.1 Å². The van der Waals surface area contributed by atoms with E-state index in [9.17, 15) is 4.79 Å². The molecule has 3 aromatic rings. The van der Waals surface area contributed by atoms with Crippen LogP contribution in [0.3, 0.4) is 0 Å². The zero-order valence-electron chi connectivity index (χ0n) is 14.3. The molecule has 0 bridgehead atoms. The van der Waals surface area contributed by atoms with Gasteiger partial charge < -0.3 is 14.6 Å². The van der Waals surface area contributed by atoms with Gasteiger partial charge in [0, 0.05) is 5.02 Å². The minimum atomic E-state index is -1.01. The number of carboxylic acids is 1. The maximum Gasteiger partial charge on any atom is 0.344 e. The summed E-state index contributed by atoms with van der Waals surface area (Å²) < 4.78 is 11.3. The Morgan fingerprint density at radius 1 is 1.23 bits per heavy atom. The quantitative estimate of drug-likeness (QED) is 0.686. The highest BCUT2D eigenvalue weighted by molar-refractivity contribution is 6.31. The summed E-state index contributed by atoms with van der Waals surface area (Å²) in [5.74, 6) is 0.433. The van der Waals surface area contributed by atoms with Crippen molar-refractivity contribution in [2.75, 3.05) is 0 Å². The average Bonchev–Trinajstić information content (AvgIpc) is 2.62. The van der Waals surface area contributed by atoms with Crippen molar-refractivity contribution in [1.29, 1.82) is 0 Å². The number of aromatic nitrogens is 2. The Morgan fingerprint density at radius 3 is 2.77 bits per heavy atom. The summed E-state index contributed by atoms with van der Waals surface area (Å²) in [6, 6.07) is 10.5. The van der Waals surface area contributed by atoms with Crippen molar-refractivity contribution in [2.24, 2.45) is 0 Å². The monoisotopic (exact) mass is 372 g/mol. The molecular formula is C19H17ClN2O4. The molecule has 1 aromatic heterocycles. The van der Waals surface area contributed by atoms with Gasteiger partial charge in [-0.2, -0.15) is 0 Å². The Hall–Kier alpha value is -2.86. The zero-order chi connectivity index (χ0) is 18.7. The standard InChI is InChI=1S/C19H17ClN2O4/c1-3-12-8-14(5-7-17(12)25-11(2)19(23)24)26-18-10-21-16-9-13(20)4-6-15(16)22-18/h4-11H,3H2,1-2H3,(H,23,24). The Kier molecular flexibility index (Phi) is 5.23. The average molecular weight is 373 g/mol. The van der Waals surface area contributed by atoms with Crippen LogP contribution in [0.4, 0.5) is 0 Å². The van der Waals surface area contributed by atoms with Gasteiger partial charge in [0.15, 0.2) is 6.10 Å². The molecule has 134 valence electrons. The first-order valence-electron chi connectivity index (χ1n) is 8.09. The molecule has 0 aliphatic heterocycles. The van der Waals surface area contributed by atoms with Crippen molar-refractivity contribution in [3.05, 3.63) is 53.2 Å². The molecule has 3 rings (SSSR count). The molecule has 0 aliphatic carbocycles. The van der Waals surface area contributed by atoms with Gasteiger partial charge in [0.25, 0.3) is 0 Å². The van der Waals surface area contributed by atoms with E-state index in [1.807, 2.05) is 6.92 Å². The van der Waals surface area contributed by atoms with E-state index in [2.05, 4.69) is 9.97 Å². The third-order valence-electron chi connectivity index (χ3n) is 3.77. The smallest absolute Gasteiger partial charge is 0.344 e. The first kappa shape index (κ1) is 17.9. The molecule has 2 aromatic carbocycles. The maximum atomic E-state index is 11.0. The highest BCUT2D eigenvalue weighted by Gasteiger charge is 2.15. The minimum absolute atomic E-state index is 0.356. The van der Waals surface area contributed by atoms with Gasteiger partial charge in [0.2, 0.25) is 5.88 Å². The van der Waals surface area contributed by atoms with E-state index in [4.69, 9.17) is 26.2 Å². The van der Waals surface area contributed by atoms with Crippen LogP contribution in [0.25, 0.3) is 11.0 Å². The van der Waals surface area contributed by atoms with Crippen molar-refractivity contribution in [1.82, 2.24) is 9.97 Å². The van der Waals surface area contributed by atoms with Crippen LogP contribution in [-0.4, -0.2) is 27.1 Å². The molecule has 0 amide bonds. The summed E-state index contributed by atoms with van der Waals surface area (Å²) in [4.78, 5) is 19.7. The van der Waals surface area contributed by atoms with Crippen LogP contribution in [-0.2, 0) is 11.2 Å². The summed E-state index contributed by atoms with van der Waals surface area (Å²) in [5.41, 5.74) is 2.21. The van der Waals surface area contributed by atoms with Crippen molar-refractivity contribution in [3.63, 3.8) is 0 Å². The largest absolute Gasteiger partial charge is 0.479 e. The first-order chi connectivity index (χ1) is 12.5. The molecule has 26 heavy (non-hydrogen) atoms. The minimum Gasteiger partial charge on any atom is -0.479 e. The Morgan fingerprint density at radius 2 is 2.04 bits per heavy atom. The third-order valence-corrected chi connectivity index (χ3v) is 4.00. The van der Waals surface area contributed by atoms with E-state index in [0.717, 1.165) is 5.56 Å². The molecule has 0 spiro atoms. The molecule has 6 nitrogen and oxygen atoms in total. The van der Waals surface area contributed by atoms with Crippen molar-refractivity contribution < 1.29 is 19.4 Å². The topological polar surface area (TPSA) is 81.5 Å². The van der Waals surface area contributed by atoms with Gasteiger partial charge >= 0.3 is 5.97 Å². The molecule has 0 aliphatic rings. The van der Waals surface area contributed by atoms with E-state index in [0.29, 0.717) is 39.9 Å². The van der Waals surface area contributed by atoms with Gasteiger partial charge in [-0.25, -0.2) is 14.8 Å². The van der Waals surface area contributed by atoms with Gasteiger partial charge in [-0.05, 0) is 55.3 Å². The van der Waals surface area contributed by atoms with Crippen molar-refractivity contribution >= 4 is 28.6 Å². The van der Waals surface area contributed by atoms with Crippen molar-refractivity contribution in [2.45, 2.75) is 26.4 Å². The number of halogens is 1. The second-order valence-corrected chi connectivity index (χ2v) is 6.10. The Bertz CT molecular complexity index is 961. The normalized spacial score (nSPS) is 12.0.